The van der Waals surface area contributed by atoms with E-state index in [2.05, 4.69) is 10.2 Å². The molecule has 0 unspecified atom stereocenters. The van der Waals surface area contributed by atoms with Crippen LogP contribution in [0.2, 0.25) is 10.0 Å². The van der Waals surface area contributed by atoms with E-state index in [1.54, 1.807) is 11.0 Å². The summed E-state index contributed by atoms with van der Waals surface area (Å²) in [4.78, 5) is 14.3. The monoisotopic (exact) mass is 438 g/mol. The van der Waals surface area contributed by atoms with E-state index in [-0.39, 0.29) is 47.0 Å². The number of amides is 1. The van der Waals surface area contributed by atoms with Gasteiger partial charge in [-0.25, -0.2) is 8.42 Å². The minimum Gasteiger partial charge on any atom is -0.335 e. The first-order valence-corrected chi connectivity index (χ1v) is 10.8. The number of rotatable bonds is 3. The third kappa shape index (κ3) is 3.26. The van der Waals surface area contributed by atoms with E-state index in [0.29, 0.717) is 5.69 Å². The van der Waals surface area contributed by atoms with Gasteiger partial charge in [-0.2, -0.15) is 9.40 Å². The highest BCUT2D eigenvalue weighted by molar-refractivity contribution is 7.89. The molecule has 1 aliphatic heterocycles. The van der Waals surface area contributed by atoms with E-state index in [1.165, 1.54) is 16.4 Å². The molecule has 1 fully saturated rings. The van der Waals surface area contributed by atoms with Gasteiger partial charge in [0.05, 0.1) is 15.6 Å². The molecule has 0 spiro atoms. The number of halogens is 2. The molecule has 0 aliphatic carbocycles. The van der Waals surface area contributed by atoms with Gasteiger partial charge in [0.15, 0.2) is 5.69 Å². The smallest absolute Gasteiger partial charge is 0.275 e. The highest BCUT2D eigenvalue weighted by atomic mass is 35.5. The van der Waals surface area contributed by atoms with Gasteiger partial charge < -0.3 is 4.90 Å². The first kappa shape index (κ1) is 19.2. The lowest BCUT2D eigenvalue weighted by Gasteiger charge is -2.34. The van der Waals surface area contributed by atoms with Crippen LogP contribution in [0.4, 0.5) is 0 Å². The molecule has 28 heavy (non-hydrogen) atoms. The Morgan fingerprint density at radius 3 is 2.29 bits per heavy atom. The van der Waals surface area contributed by atoms with Crippen LogP contribution in [0.5, 0.6) is 0 Å². The Balaban J connectivity index is 1.52. The van der Waals surface area contributed by atoms with E-state index >= 15 is 0 Å². The van der Waals surface area contributed by atoms with Crippen molar-refractivity contribution in [2.45, 2.75) is 4.90 Å². The van der Waals surface area contributed by atoms with Crippen molar-refractivity contribution in [3.05, 3.63) is 58.2 Å². The van der Waals surface area contributed by atoms with Gasteiger partial charge in [-0.15, -0.1) is 0 Å². The van der Waals surface area contributed by atoms with Gasteiger partial charge >= 0.3 is 0 Å². The fraction of sp³-hybridized carbons (Fsp3) is 0.222. The summed E-state index contributed by atoms with van der Waals surface area (Å²) in [6, 6.07) is 11.9. The molecule has 1 saturated heterocycles. The van der Waals surface area contributed by atoms with Crippen LogP contribution in [0.25, 0.3) is 10.9 Å². The molecule has 146 valence electrons. The molecule has 7 nitrogen and oxygen atoms in total. The van der Waals surface area contributed by atoms with Crippen LogP contribution in [0.3, 0.4) is 0 Å². The van der Waals surface area contributed by atoms with E-state index in [1.807, 2.05) is 24.3 Å². The minimum absolute atomic E-state index is 0.0778. The van der Waals surface area contributed by atoms with Crippen molar-refractivity contribution in [3.63, 3.8) is 0 Å². The maximum Gasteiger partial charge on any atom is 0.275 e. The van der Waals surface area contributed by atoms with Crippen molar-refractivity contribution < 1.29 is 13.2 Å². The summed E-state index contributed by atoms with van der Waals surface area (Å²) in [6.07, 6.45) is 0. The molecule has 2 aromatic carbocycles. The number of sulfonamides is 1. The molecule has 0 radical (unpaired) electrons. The number of aromatic amines is 1. The normalized spacial score (nSPS) is 15.9. The lowest BCUT2D eigenvalue weighted by molar-refractivity contribution is 0.0694. The maximum atomic E-state index is 12.9. The van der Waals surface area contributed by atoms with Crippen LogP contribution in [-0.4, -0.2) is 59.9 Å². The second-order valence-electron chi connectivity index (χ2n) is 6.36. The molecule has 3 aromatic rings. The number of benzene rings is 2. The lowest BCUT2D eigenvalue weighted by Crippen LogP contribution is -2.50. The molecule has 0 saturated carbocycles. The summed E-state index contributed by atoms with van der Waals surface area (Å²) in [7, 11) is -3.85. The lowest BCUT2D eigenvalue weighted by atomic mass is 10.2. The van der Waals surface area contributed by atoms with E-state index in [4.69, 9.17) is 23.2 Å². The van der Waals surface area contributed by atoms with Gasteiger partial charge in [-0.05, 0) is 18.2 Å². The molecule has 2 heterocycles. The Labute approximate surface area is 171 Å². The van der Waals surface area contributed by atoms with Crippen LogP contribution in [0.15, 0.2) is 47.4 Å². The zero-order chi connectivity index (χ0) is 19.9. The third-order valence-corrected chi connectivity index (χ3v) is 7.57. The highest BCUT2D eigenvalue weighted by Crippen LogP contribution is 2.32. The summed E-state index contributed by atoms with van der Waals surface area (Å²) >= 11 is 12.1. The number of H-pyrrole nitrogens is 1. The number of hydrogen-bond donors (Lipinski definition) is 1. The Kier molecular flexibility index (Phi) is 5.05. The van der Waals surface area contributed by atoms with Gasteiger partial charge in [0.2, 0.25) is 10.0 Å². The van der Waals surface area contributed by atoms with E-state index in [9.17, 15) is 13.2 Å². The number of nitrogens with one attached hydrogen (secondary N) is 1. The molecule has 1 aromatic heterocycles. The van der Waals surface area contributed by atoms with Crippen molar-refractivity contribution in [3.8, 4) is 0 Å². The standard InChI is InChI=1S/C18H16Cl2N4O3S/c19-13-5-3-6-14(20)17(13)28(26,27)24-10-8-23(9-11-24)18(25)16-12-4-1-2-7-15(12)21-22-16/h1-7H,8-11H2,(H,21,22). The summed E-state index contributed by atoms with van der Waals surface area (Å²) in [5.74, 6) is -0.231. The predicted molar refractivity (Wildman–Crippen MR) is 107 cm³/mol. The second kappa shape index (κ2) is 7.36. The second-order valence-corrected chi connectivity index (χ2v) is 9.05. The Hall–Kier alpha value is -2.13. The molecule has 0 bridgehead atoms. The number of fused-ring (bicyclic) bond motifs is 1. The Morgan fingerprint density at radius 2 is 1.61 bits per heavy atom. The van der Waals surface area contributed by atoms with Gasteiger partial charge in [-0.1, -0.05) is 47.5 Å². The van der Waals surface area contributed by atoms with Crippen LogP contribution >= 0.6 is 23.2 Å². The largest absolute Gasteiger partial charge is 0.335 e. The fourth-order valence-electron chi connectivity index (χ4n) is 3.27. The quantitative estimate of drug-likeness (QED) is 0.680. The van der Waals surface area contributed by atoms with Gasteiger partial charge in [0.1, 0.15) is 4.90 Å². The SMILES string of the molecule is O=C(c1n[nH]c2ccccc12)N1CCN(S(=O)(=O)c2c(Cl)cccc2Cl)CC1. The number of carbonyl (C=O) groups excluding carboxylic acids is 1. The average Bonchev–Trinajstić information content (AvgIpc) is 3.11. The van der Waals surface area contributed by atoms with Crippen LogP contribution in [-0.2, 0) is 10.0 Å². The highest BCUT2D eigenvalue weighted by Gasteiger charge is 2.33. The zero-order valence-electron chi connectivity index (χ0n) is 14.6. The van der Waals surface area contributed by atoms with Gasteiger partial charge in [0, 0.05) is 31.6 Å². The van der Waals surface area contributed by atoms with Crippen molar-refractivity contribution in [1.29, 1.82) is 0 Å². The first-order chi connectivity index (χ1) is 13.4. The third-order valence-electron chi connectivity index (χ3n) is 4.72. The molecule has 1 amide bonds. The number of carbonyl (C=O) groups is 1. The Morgan fingerprint density at radius 1 is 0.964 bits per heavy atom. The summed E-state index contributed by atoms with van der Waals surface area (Å²) in [5, 5.41) is 7.86. The van der Waals surface area contributed by atoms with Crippen molar-refractivity contribution >= 4 is 50.0 Å². The van der Waals surface area contributed by atoms with Crippen LogP contribution < -0.4 is 0 Å². The van der Waals surface area contributed by atoms with Crippen LogP contribution in [0, 0.1) is 0 Å². The Bertz CT molecular complexity index is 1130. The molecular formula is C18H16Cl2N4O3S. The molecule has 10 heteroatoms. The van der Waals surface area contributed by atoms with E-state index < -0.39 is 10.0 Å². The summed E-state index contributed by atoms with van der Waals surface area (Å²) < 4.78 is 27.2. The summed E-state index contributed by atoms with van der Waals surface area (Å²) in [5.41, 5.74) is 1.11. The zero-order valence-corrected chi connectivity index (χ0v) is 16.9. The first-order valence-electron chi connectivity index (χ1n) is 8.56. The molecule has 1 N–H and O–H groups in total. The minimum atomic E-state index is -3.85. The van der Waals surface area contributed by atoms with Crippen LogP contribution in [0.1, 0.15) is 10.5 Å². The van der Waals surface area contributed by atoms with E-state index in [0.717, 1.165) is 10.9 Å². The van der Waals surface area contributed by atoms with Crippen molar-refractivity contribution in [1.82, 2.24) is 19.4 Å². The predicted octanol–water partition coefficient (Wildman–Crippen LogP) is 3.02. The number of aromatic nitrogens is 2. The number of para-hydroxylation sites is 1. The molecular weight excluding hydrogens is 423 g/mol. The number of nitrogens with zero attached hydrogens (tertiary/aromatic N) is 3. The maximum absolute atomic E-state index is 12.9. The molecule has 1 aliphatic rings. The molecule has 4 rings (SSSR count). The van der Waals surface area contributed by atoms with Gasteiger partial charge in [-0.3, -0.25) is 9.89 Å². The van der Waals surface area contributed by atoms with Gasteiger partial charge in [0.25, 0.3) is 5.91 Å². The number of hydrogen-bond acceptors (Lipinski definition) is 4. The summed E-state index contributed by atoms with van der Waals surface area (Å²) in [6.45, 7) is 0.804. The number of piperazine rings is 1. The topological polar surface area (TPSA) is 86.4 Å². The van der Waals surface area contributed by atoms with Crippen molar-refractivity contribution in [2.75, 3.05) is 26.2 Å². The average molecular weight is 439 g/mol. The van der Waals surface area contributed by atoms with Crippen molar-refractivity contribution in [2.24, 2.45) is 0 Å². The fourth-order valence-corrected chi connectivity index (χ4v) is 5.78. The molecule has 0 atom stereocenters.